The summed E-state index contributed by atoms with van der Waals surface area (Å²) in [6.07, 6.45) is 2.27. The largest absolute Gasteiger partial charge is 0.352 e. The van der Waals surface area contributed by atoms with Gasteiger partial charge in [-0.2, -0.15) is 0 Å². The lowest BCUT2D eigenvalue weighted by atomic mass is 9.97. The first kappa shape index (κ1) is 20.5. The Labute approximate surface area is 150 Å². The molecule has 1 unspecified atom stereocenters. The predicted molar refractivity (Wildman–Crippen MR) is 98.8 cm³/mol. The van der Waals surface area contributed by atoms with E-state index in [-0.39, 0.29) is 29.6 Å². The van der Waals surface area contributed by atoms with Gasteiger partial charge in [-0.25, -0.2) is 0 Å². The van der Waals surface area contributed by atoms with Crippen molar-refractivity contribution in [1.29, 1.82) is 0 Å². The van der Waals surface area contributed by atoms with Gasteiger partial charge in [-0.15, -0.1) is 12.4 Å². The van der Waals surface area contributed by atoms with E-state index in [0.29, 0.717) is 30.3 Å². The first-order valence-corrected chi connectivity index (χ1v) is 8.25. The lowest BCUT2D eigenvalue weighted by molar-refractivity contribution is 0.0932. The second kappa shape index (κ2) is 9.04. The molecular formula is C18H28ClN3O2. The van der Waals surface area contributed by atoms with Crippen LogP contribution in [0.4, 0.5) is 0 Å². The predicted octanol–water partition coefficient (Wildman–Crippen LogP) is 2.37. The molecule has 2 rings (SSSR count). The number of carbonyl (C=O) groups excluding carboxylic acids is 2. The lowest BCUT2D eigenvalue weighted by Crippen LogP contribution is -2.37. The fourth-order valence-corrected chi connectivity index (χ4v) is 2.47. The van der Waals surface area contributed by atoms with Crippen LogP contribution in [-0.2, 0) is 0 Å². The van der Waals surface area contributed by atoms with Crippen LogP contribution in [0.5, 0.6) is 0 Å². The van der Waals surface area contributed by atoms with Crippen LogP contribution in [0.25, 0.3) is 0 Å². The zero-order chi connectivity index (χ0) is 16.9. The van der Waals surface area contributed by atoms with Crippen LogP contribution < -0.4 is 16.0 Å². The molecule has 6 heteroatoms. The van der Waals surface area contributed by atoms with E-state index in [2.05, 4.69) is 36.7 Å². The molecule has 1 aliphatic rings. The molecule has 1 saturated heterocycles. The number of nitrogens with one attached hydrogen (secondary N) is 3. The van der Waals surface area contributed by atoms with Crippen LogP contribution in [0.1, 0.15) is 54.3 Å². The maximum Gasteiger partial charge on any atom is 0.251 e. The molecule has 24 heavy (non-hydrogen) atoms. The second-order valence-electron chi connectivity index (χ2n) is 7.32. The van der Waals surface area contributed by atoms with Crippen molar-refractivity contribution < 1.29 is 9.59 Å². The Balaban J connectivity index is 0.00000288. The number of carbonyl (C=O) groups is 2. The van der Waals surface area contributed by atoms with Crippen LogP contribution in [0, 0.1) is 5.41 Å². The van der Waals surface area contributed by atoms with Crippen LogP contribution in [-0.4, -0.2) is 37.5 Å². The summed E-state index contributed by atoms with van der Waals surface area (Å²) in [7, 11) is 0. The quantitative estimate of drug-likeness (QED) is 0.761. The summed E-state index contributed by atoms with van der Waals surface area (Å²) in [4.78, 5) is 24.2. The summed E-state index contributed by atoms with van der Waals surface area (Å²) >= 11 is 0. The normalized spacial score (nSPS) is 17.0. The van der Waals surface area contributed by atoms with Gasteiger partial charge in [-0.3, -0.25) is 9.59 Å². The number of hydrogen-bond donors (Lipinski definition) is 3. The smallest absolute Gasteiger partial charge is 0.251 e. The molecule has 2 amide bonds. The minimum Gasteiger partial charge on any atom is -0.352 e. The van der Waals surface area contributed by atoms with Crippen LogP contribution >= 0.6 is 12.4 Å². The monoisotopic (exact) mass is 353 g/mol. The molecule has 0 aliphatic carbocycles. The highest BCUT2D eigenvalue weighted by Crippen LogP contribution is 2.11. The topological polar surface area (TPSA) is 70.2 Å². The van der Waals surface area contributed by atoms with Crippen LogP contribution in [0.3, 0.4) is 0 Å². The minimum absolute atomic E-state index is 0. The minimum atomic E-state index is -0.109. The van der Waals surface area contributed by atoms with E-state index in [1.165, 1.54) is 6.42 Å². The van der Waals surface area contributed by atoms with E-state index in [4.69, 9.17) is 0 Å². The van der Waals surface area contributed by atoms with Crippen molar-refractivity contribution >= 4 is 24.2 Å². The summed E-state index contributed by atoms with van der Waals surface area (Å²) in [6, 6.07) is 7.16. The van der Waals surface area contributed by atoms with E-state index in [0.717, 1.165) is 13.0 Å². The van der Waals surface area contributed by atoms with E-state index in [1.54, 1.807) is 24.3 Å². The molecular weight excluding hydrogens is 326 g/mol. The van der Waals surface area contributed by atoms with Crippen molar-refractivity contribution in [3.05, 3.63) is 35.4 Å². The van der Waals surface area contributed by atoms with Crippen molar-refractivity contribution in [3.8, 4) is 0 Å². The number of benzene rings is 1. The Morgan fingerprint density at radius 1 is 1.08 bits per heavy atom. The third kappa shape index (κ3) is 6.49. The first-order chi connectivity index (χ1) is 10.8. The van der Waals surface area contributed by atoms with Crippen molar-refractivity contribution in [3.63, 3.8) is 0 Å². The average Bonchev–Trinajstić information content (AvgIpc) is 3.03. The Morgan fingerprint density at radius 2 is 1.62 bits per heavy atom. The van der Waals surface area contributed by atoms with Crippen LogP contribution in [0.2, 0.25) is 0 Å². The van der Waals surface area contributed by atoms with Crippen molar-refractivity contribution in [2.75, 3.05) is 19.6 Å². The van der Waals surface area contributed by atoms with E-state index >= 15 is 0 Å². The summed E-state index contributed by atoms with van der Waals surface area (Å²) in [5.74, 6) is -0.206. The van der Waals surface area contributed by atoms with Gasteiger partial charge in [0.25, 0.3) is 11.8 Å². The van der Waals surface area contributed by atoms with E-state index in [1.807, 2.05) is 0 Å². The number of amides is 2. The molecule has 1 fully saturated rings. The highest BCUT2D eigenvalue weighted by atomic mass is 35.5. The summed E-state index contributed by atoms with van der Waals surface area (Å²) in [5, 5.41) is 9.18. The van der Waals surface area contributed by atoms with E-state index < -0.39 is 0 Å². The maximum absolute atomic E-state index is 12.1. The highest BCUT2D eigenvalue weighted by Gasteiger charge is 2.16. The summed E-state index contributed by atoms with van der Waals surface area (Å²) < 4.78 is 0. The molecule has 1 aromatic rings. The SMILES string of the molecule is CC(C)(C)CNC(=O)c1ccc(C(=O)NCC2CCCN2)cc1.Cl. The van der Waals surface area contributed by atoms with Gasteiger partial charge >= 0.3 is 0 Å². The average molecular weight is 354 g/mol. The molecule has 1 heterocycles. The second-order valence-corrected chi connectivity index (χ2v) is 7.32. The Kier molecular flexibility index (Phi) is 7.70. The van der Waals surface area contributed by atoms with Gasteiger partial charge < -0.3 is 16.0 Å². The van der Waals surface area contributed by atoms with Gasteiger partial charge in [-0.05, 0) is 49.1 Å². The summed E-state index contributed by atoms with van der Waals surface area (Å²) in [6.45, 7) is 8.49. The molecule has 1 aliphatic heterocycles. The molecule has 134 valence electrons. The third-order valence-electron chi connectivity index (χ3n) is 3.86. The van der Waals surface area contributed by atoms with Gasteiger partial charge in [-0.1, -0.05) is 20.8 Å². The molecule has 0 radical (unpaired) electrons. The van der Waals surface area contributed by atoms with Crippen LogP contribution in [0.15, 0.2) is 24.3 Å². The number of hydrogen-bond acceptors (Lipinski definition) is 3. The molecule has 0 spiro atoms. The molecule has 0 aromatic heterocycles. The zero-order valence-electron chi connectivity index (χ0n) is 14.6. The van der Waals surface area contributed by atoms with E-state index in [9.17, 15) is 9.59 Å². The Morgan fingerprint density at radius 3 is 2.08 bits per heavy atom. The van der Waals surface area contributed by atoms with Gasteiger partial charge in [0.1, 0.15) is 0 Å². The fraction of sp³-hybridized carbons (Fsp3) is 0.556. The maximum atomic E-state index is 12.1. The molecule has 1 aromatic carbocycles. The van der Waals surface area contributed by atoms with Crippen molar-refractivity contribution in [1.82, 2.24) is 16.0 Å². The zero-order valence-corrected chi connectivity index (χ0v) is 15.5. The number of rotatable bonds is 5. The van der Waals surface area contributed by atoms with Crippen molar-refractivity contribution in [2.45, 2.75) is 39.7 Å². The highest BCUT2D eigenvalue weighted by molar-refractivity contribution is 5.97. The van der Waals surface area contributed by atoms with Gasteiger partial charge in [0.2, 0.25) is 0 Å². The Hall–Kier alpha value is -1.59. The molecule has 1 atom stereocenters. The molecule has 0 bridgehead atoms. The van der Waals surface area contributed by atoms with Crippen molar-refractivity contribution in [2.24, 2.45) is 5.41 Å². The molecule has 3 N–H and O–H groups in total. The fourth-order valence-electron chi connectivity index (χ4n) is 2.47. The Bertz CT molecular complexity index is 546. The standard InChI is InChI=1S/C18H27N3O2.ClH/c1-18(2,3)12-21-17(23)14-8-6-13(7-9-14)16(22)20-11-15-5-4-10-19-15;/h6-9,15,19H,4-5,10-12H2,1-3H3,(H,20,22)(H,21,23);1H. The van der Waals surface area contributed by atoms with Gasteiger partial charge in [0, 0.05) is 30.3 Å². The molecule has 5 nitrogen and oxygen atoms in total. The summed E-state index contributed by atoms with van der Waals surface area (Å²) in [5.41, 5.74) is 1.20. The van der Waals surface area contributed by atoms with Gasteiger partial charge in [0.05, 0.1) is 0 Å². The lowest BCUT2D eigenvalue weighted by Gasteiger charge is -2.18. The number of halogens is 1. The van der Waals surface area contributed by atoms with Gasteiger partial charge in [0.15, 0.2) is 0 Å². The third-order valence-corrected chi connectivity index (χ3v) is 3.86. The molecule has 0 saturated carbocycles. The first-order valence-electron chi connectivity index (χ1n) is 8.25.